The molecule has 47 heavy (non-hydrogen) atoms. The lowest BCUT2D eigenvalue weighted by Gasteiger charge is -2.35. The molecule has 0 spiro atoms. The van der Waals surface area contributed by atoms with E-state index in [1.807, 2.05) is 69.3 Å². The Bertz CT molecular complexity index is 1770. The summed E-state index contributed by atoms with van der Waals surface area (Å²) in [4.78, 5) is 31.1. The number of benzene rings is 3. The minimum absolute atomic E-state index is 0.0775. The minimum atomic E-state index is -3.93. The van der Waals surface area contributed by atoms with Gasteiger partial charge in [-0.2, -0.15) is 0 Å². The second kappa shape index (κ2) is 13.7. The summed E-state index contributed by atoms with van der Waals surface area (Å²) in [6.07, 6.45) is 2.34. The summed E-state index contributed by atoms with van der Waals surface area (Å²) in [6.45, 7) is 9.77. The first-order valence-corrected chi connectivity index (χ1v) is 17.2. The average molecular weight is 663 g/mol. The van der Waals surface area contributed by atoms with Crippen LogP contribution >= 0.6 is 0 Å². The van der Waals surface area contributed by atoms with Gasteiger partial charge in [-0.3, -0.25) is 10.4 Å². The van der Waals surface area contributed by atoms with E-state index >= 15 is 0 Å². The molecule has 1 aliphatic heterocycles. The molecule has 1 atom stereocenters. The lowest BCUT2D eigenvalue weighted by atomic mass is 9.88. The van der Waals surface area contributed by atoms with Crippen molar-refractivity contribution in [3.8, 4) is 16.9 Å². The number of fused-ring (bicyclic) bond motifs is 4. The maximum atomic E-state index is 13.3. The Morgan fingerprint density at radius 2 is 1.68 bits per heavy atom. The normalized spacial score (nSPS) is 15.7. The van der Waals surface area contributed by atoms with Gasteiger partial charge in [0, 0.05) is 12.5 Å². The molecule has 0 radical (unpaired) electrons. The Labute approximate surface area is 275 Å². The molecule has 0 saturated heterocycles. The molecule has 0 bridgehead atoms. The summed E-state index contributed by atoms with van der Waals surface area (Å²) in [7, 11) is -3.93. The SMILES string of the molecule is Cc1c(C)c(S(=O)(=O)NNC=NCCC[C@@H](NC(=O)OCC2c3ccccc3-c3ccccc32)C(=O)O)c(C)c2c1OC(C)(C)CC2. The number of hydrogen-bond donors (Lipinski definition) is 4. The maximum Gasteiger partial charge on any atom is 0.407 e. The number of hydrogen-bond acceptors (Lipinski definition) is 7. The first kappa shape index (κ1) is 33.9. The first-order valence-electron chi connectivity index (χ1n) is 15.7. The molecular formula is C35H42N4O7S. The number of carbonyl (C=O) groups is 2. The molecule has 5 rings (SSSR count). The fraction of sp³-hybridized carbons (Fsp3) is 0.400. The summed E-state index contributed by atoms with van der Waals surface area (Å²) in [5.74, 6) is -0.563. The Morgan fingerprint density at radius 3 is 2.32 bits per heavy atom. The lowest BCUT2D eigenvalue weighted by Crippen LogP contribution is -2.41. The highest BCUT2D eigenvalue weighted by Gasteiger charge is 2.34. The molecule has 11 nitrogen and oxygen atoms in total. The van der Waals surface area contributed by atoms with Crippen LogP contribution in [0, 0.1) is 20.8 Å². The van der Waals surface area contributed by atoms with Gasteiger partial charge >= 0.3 is 12.1 Å². The van der Waals surface area contributed by atoms with E-state index in [9.17, 15) is 23.1 Å². The number of nitrogens with zero attached hydrogens (tertiary/aromatic N) is 1. The third-order valence-corrected chi connectivity index (χ3v) is 10.5. The zero-order chi connectivity index (χ0) is 33.9. The Kier molecular flexibility index (Phi) is 9.92. The van der Waals surface area contributed by atoms with E-state index in [1.54, 1.807) is 13.8 Å². The van der Waals surface area contributed by atoms with Crippen molar-refractivity contribution >= 4 is 28.4 Å². The highest BCUT2D eigenvalue weighted by atomic mass is 32.2. The average Bonchev–Trinajstić information content (AvgIpc) is 3.34. The molecule has 0 saturated carbocycles. The van der Waals surface area contributed by atoms with Gasteiger partial charge < -0.3 is 19.9 Å². The van der Waals surface area contributed by atoms with Crippen molar-refractivity contribution in [2.45, 2.75) is 82.8 Å². The summed E-state index contributed by atoms with van der Waals surface area (Å²) < 4.78 is 38.2. The van der Waals surface area contributed by atoms with Crippen LogP contribution in [0.2, 0.25) is 0 Å². The number of carboxylic acids is 1. The largest absolute Gasteiger partial charge is 0.487 e. The van der Waals surface area contributed by atoms with Crippen molar-refractivity contribution in [2.75, 3.05) is 13.2 Å². The van der Waals surface area contributed by atoms with Crippen molar-refractivity contribution in [1.82, 2.24) is 15.6 Å². The molecule has 1 heterocycles. The standard InChI is InChI=1S/C35H42N4O7S/c1-21-22(2)32(23(3)24-16-17-35(4,5)46-31(21)24)47(43,44)39-37-20-36-18-10-15-30(33(40)41)38-34(42)45-19-29-27-13-8-6-11-25(27)26-12-7-9-14-28(26)29/h6-9,11-14,20,29-30,39H,10,15-19H2,1-5H3,(H,36,37)(H,38,42)(H,40,41)/t30-/m1/s1. The number of carboxylic acid groups (broad SMARTS) is 1. The zero-order valence-electron chi connectivity index (χ0n) is 27.3. The molecule has 3 aromatic rings. The number of ether oxygens (including phenoxy) is 2. The van der Waals surface area contributed by atoms with Crippen LogP contribution in [-0.2, 0) is 26.0 Å². The third-order valence-electron chi connectivity index (χ3n) is 9.00. The van der Waals surface area contributed by atoms with Crippen LogP contribution in [0.5, 0.6) is 5.75 Å². The van der Waals surface area contributed by atoms with Gasteiger partial charge in [-0.1, -0.05) is 48.5 Å². The fourth-order valence-electron chi connectivity index (χ4n) is 6.44. The Balaban J connectivity index is 1.10. The molecule has 0 unspecified atom stereocenters. The number of hydrazine groups is 1. The molecule has 12 heteroatoms. The van der Waals surface area contributed by atoms with Crippen LogP contribution in [-0.4, -0.2) is 56.7 Å². The number of nitrogens with one attached hydrogen (secondary N) is 3. The van der Waals surface area contributed by atoms with Gasteiger partial charge in [-0.05, 0) is 105 Å². The van der Waals surface area contributed by atoms with Crippen LogP contribution in [0.4, 0.5) is 4.79 Å². The molecule has 4 N–H and O–H groups in total. The minimum Gasteiger partial charge on any atom is -0.487 e. The fourth-order valence-corrected chi connectivity index (χ4v) is 7.84. The van der Waals surface area contributed by atoms with E-state index in [4.69, 9.17) is 9.47 Å². The number of sulfonamides is 1. The van der Waals surface area contributed by atoms with Gasteiger partial charge in [0.2, 0.25) is 0 Å². The summed E-state index contributed by atoms with van der Waals surface area (Å²) >= 11 is 0. The maximum absolute atomic E-state index is 13.3. The number of amides is 1. The highest BCUT2D eigenvalue weighted by Crippen LogP contribution is 2.45. The predicted octanol–water partition coefficient (Wildman–Crippen LogP) is 5.30. The van der Waals surface area contributed by atoms with Gasteiger partial charge in [0.05, 0.1) is 11.2 Å². The van der Waals surface area contributed by atoms with Gasteiger partial charge in [0.15, 0.2) is 0 Å². The summed E-state index contributed by atoms with van der Waals surface area (Å²) in [5.41, 5.74) is 9.52. The van der Waals surface area contributed by atoms with Gasteiger partial charge in [0.25, 0.3) is 10.0 Å². The number of carbonyl (C=O) groups excluding carboxylic acids is 1. The summed E-state index contributed by atoms with van der Waals surface area (Å²) in [5, 5.41) is 12.1. The van der Waals surface area contributed by atoms with Crippen LogP contribution in [0.1, 0.15) is 72.4 Å². The van der Waals surface area contributed by atoms with E-state index in [0.29, 0.717) is 17.5 Å². The second-order valence-electron chi connectivity index (χ2n) is 12.7. The smallest absolute Gasteiger partial charge is 0.407 e. The highest BCUT2D eigenvalue weighted by molar-refractivity contribution is 7.89. The predicted molar refractivity (Wildman–Crippen MR) is 179 cm³/mol. The topological polar surface area (TPSA) is 155 Å². The number of aliphatic carboxylic acids is 1. The molecule has 1 aliphatic carbocycles. The van der Waals surface area contributed by atoms with E-state index in [1.165, 1.54) is 6.34 Å². The molecule has 0 fully saturated rings. The molecule has 250 valence electrons. The summed E-state index contributed by atoms with van der Waals surface area (Å²) in [6, 6.07) is 14.8. The van der Waals surface area contributed by atoms with Crippen LogP contribution in [0.15, 0.2) is 58.4 Å². The zero-order valence-corrected chi connectivity index (χ0v) is 28.2. The van der Waals surface area contributed by atoms with Crippen LogP contribution in [0.25, 0.3) is 11.1 Å². The first-order chi connectivity index (χ1) is 22.3. The second-order valence-corrected chi connectivity index (χ2v) is 14.3. The number of aliphatic imine (C=N–C) groups is 1. The molecule has 3 aromatic carbocycles. The lowest BCUT2D eigenvalue weighted by molar-refractivity contribution is -0.139. The van der Waals surface area contributed by atoms with E-state index < -0.39 is 28.1 Å². The van der Waals surface area contributed by atoms with Crippen LogP contribution < -0.4 is 20.3 Å². The van der Waals surface area contributed by atoms with E-state index in [0.717, 1.165) is 52.0 Å². The number of rotatable bonds is 12. The molecule has 2 aliphatic rings. The van der Waals surface area contributed by atoms with Crippen molar-refractivity contribution in [2.24, 2.45) is 4.99 Å². The Morgan fingerprint density at radius 1 is 1.04 bits per heavy atom. The monoisotopic (exact) mass is 662 g/mol. The molecule has 0 aromatic heterocycles. The molecule has 1 amide bonds. The Hall–Kier alpha value is -4.42. The number of alkyl carbamates (subject to hydrolysis) is 1. The van der Waals surface area contributed by atoms with Crippen LogP contribution in [0.3, 0.4) is 0 Å². The van der Waals surface area contributed by atoms with Crippen molar-refractivity contribution in [1.29, 1.82) is 0 Å². The van der Waals surface area contributed by atoms with Crippen molar-refractivity contribution in [3.05, 3.63) is 81.9 Å². The third kappa shape index (κ3) is 7.28. The quantitative estimate of drug-likeness (QED) is 0.0882. The van der Waals surface area contributed by atoms with E-state index in [2.05, 4.69) is 20.6 Å². The molecular weight excluding hydrogens is 620 g/mol. The van der Waals surface area contributed by atoms with Crippen molar-refractivity contribution < 1.29 is 32.6 Å². The van der Waals surface area contributed by atoms with Gasteiger partial charge in [0.1, 0.15) is 24.0 Å². The van der Waals surface area contributed by atoms with Gasteiger partial charge in [-0.25, -0.2) is 18.0 Å². The van der Waals surface area contributed by atoms with Crippen molar-refractivity contribution in [3.63, 3.8) is 0 Å². The van der Waals surface area contributed by atoms with Gasteiger partial charge in [-0.15, -0.1) is 4.83 Å². The van der Waals surface area contributed by atoms with E-state index in [-0.39, 0.29) is 36.0 Å².